The first-order valence-electron chi connectivity index (χ1n) is 8.70. The fourth-order valence-corrected chi connectivity index (χ4v) is 4.52. The lowest BCUT2D eigenvalue weighted by molar-refractivity contribution is -0.133. The summed E-state index contributed by atoms with van der Waals surface area (Å²) in [6.45, 7) is 1.33. The molecule has 28 heavy (non-hydrogen) atoms. The highest BCUT2D eigenvalue weighted by atomic mass is 35.5. The van der Waals surface area contributed by atoms with E-state index in [4.69, 9.17) is 21.1 Å². The summed E-state index contributed by atoms with van der Waals surface area (Å²) in [6, 6.07) is 12.6. The average molecular weight is 425 g/mol. The van der Waals surface area contributed by atoms with Gasteiger partial charge in [0, 0.05) is 18.1 Å². The minimum absolute atomic E-state index is 0.0757. The van der Waals surface area contributed by atoms with E-state index in [1.54, 1.807) is 35.2 Å². The first kappa shape index (κ1) is 20.4. The van der Waals surface area contributed by atoms with Crippen LogP contribution in [-0.4, -0.2) is 59.2 Å². The molecule has 0 N–H and O–H groups in total. The van der Waals surface area contributed by atoms with E-state index in [1.807, 2.05) is 0 Å². The van der Waals surface area contributed by atoms with Crippen LogP contribution in [0.15, 0.2) is 53.4 Å². The van der Waals surface area contributed by atoms with Gasteiger partial charge in [-0.15, -0.1) is 0 Å². The summed E-state index contributed by atoms with van der Waals surface area (Å²) in [7, 11) is -2.59. The SMILES string of the molecule is COc1ccc(Cl)cc1N(CC(=O)N1CCOCC1)S(=O)(=O)c1ccccc1. The zero-order valence-corrected chi connectivity index (χ0v) is 16.9. The van der Waals surface area contributed by atoms with Gasteiger partial charge in [-0.3, -0.25) is 9.10 Å². The number of hydrogen-bond acceptors (Lipinski definition) is 5. The van der Waals surface area contributed by atoms with Crippen LogP contribution in [0.1, 0.15) is 0 Å². The predicted molar refractivity (Wildman–Crippen MR) is 106 cm³/mol. The van der Waals surface area contributed by atoms with Crippen molar-refractivity contribution in [3.8, 4) is 5.75 Å². The van der Waals surface area contributed by atoms with Crippen molar-refractivity contribution < 1.29 is 22.7 Å². The van der Waals surface area contributed by atoms with Crippen molar-refractivity contribution in [2.45, 2.75) is 4.90 Å². The van der Waals surface area contributed by atoms with Gasteiger partial charge in [0.1, 0.15) is 12.3 Å². The lowest BCUT2D eigenvalue weighted by atomic mass is 10.3. The topological polar surface area (TPSA) is 76.2 Å². The molecule has 9 heteroatoms. The van der Waals surface area contributed by atoms with Crippen molar-refractivity contribution in [1.82, 2.24) is 4.90 Å². The summed E-state index contributed by atoms with van der Waals surface area (Å²) in [5, 5.41) is 0.336. The Kier molecular flexibility index (Phi) is 6.43. The average Bonchev–Trinajstić information content (AvgIpc) is 2.73. The van der Waals surface area contributed by atoms with Gasteiger partial charge >= 0.3 is 0 Å². The van der Waals surface area contributed by atoms with Gasteiger partial charge in [0.15, 0.2) is 0 Å². The fourth-order valence-electron chi connectivity index (χ4n) is 2.91. The van der Waals surface area contributed by atoms with Gasteiger partial charge in [-0.05, 0) is 30.3 Å². The first-order chi connectivity index (χ1) is 13.4. The van der Waals surface area contributed by atoms with Gasteiger partial charge in [0.05, 0.1) is 30.9 Å². The summed E-state index contributed by atoms with van der Waals surface area (Å²) >= 11 is 6.11. The molecular formula is C19H21ClN2O5S. The number of ether oxygens (including phenoxy) is 2. The van der Waals surface area contributed by atoms with E-state index in [9.17, 15) is 13.2 Å². The molecule has 7 nitrogen and oxygen atoms in total. The number of amides is 1. The number of halogens is 1. The highest BCUT2D eigenvalue weighted by Gasteiger charge is 2.31. The molecule has 1 saturated heterocycles. The molecule has 0 radical (unpaired) electrons. The van der Waals surface area contributed by atoms with Crippen LogP contribution < -0.4 is 9.04 Å². The maximum Gasteiger partial charge on any atom is 0.264 e. The van der Waals surface area contributed by atoms with Gasteiger partial charge in [0.2, 0.25) is 5.91 Å². The van der Waals surface area contributed by atoms with Crippen molar-refractivity contribution in [3.63, 3.8) is 0 Å². The van der Waals surface area contributed by atoms with E-state index < -0.39 is 10.0 Å². The molecule has 0 saturated carbocycles. The predicted octanol–water partition coefficient (Wildman–Crippen LogP) is 2.40. The summed E-state index contributed by atoms with van der Waals surface area (Å²) in [5.74, 6) is -0.0106. The van der Waals surface area contributed by atoms with E-state index >= 15 is 0 Å². The van der Waals surface area contributed by atoms with Crippen molar-refractivity contribution in [1.29, 1.82) is 0 Å². The normalized spacial score (nSPS) is 14.6. The molecule has 1 aliphatic heterocycles. The van der Waals surface area contributed by atoms with Gasteiger partial charge in [-0.2, -0.15) is 0 Å². The van der Waals surface area contributed by atoms with E-state index in [2.05, 4.69) is 0 Å². The molecule has 0 atom stereocenters. The Hall–Kier alpha value is -2.29. The molecule has 1 fully saturated rings. The third kappa shape index (κ3) is 4.40. The number of hydrogen-bond donors (Lipinski definition) is 0. The number of carbonyl (C=O) groups is 1. The maximum atomic E-state index is 13.4. The van der Waals surface area contributed by atoms with Gasteiger partial charge in [-0.1, -0.05) is 29.8 Å². The van der Waals surface area contributed by atoms with Crippen LogP contribution in [0.2, 0.25) is 5.02 Å². The summed E-state index contributed by atoms with van der Waals surface area (Å²) < 4.78 is 38.4. The van der Waals surface area contributed by atoms with Crippen LogP contribution in [0.3, 0.4) is 0 Å². The molecule has 3 rings (SSSR count). The van der Waals surface area contributed by atoms with Crippen molar-refractivity contribution >= 4 is 33.2 Å². The Morgan fingerprint density at radius 1 is 1.18 bits per heavy atom. The van der Waals surface area contributed by atoms with Gasteiger partial charge in [0.25, 0.3) is 10.0 Å². The quantitative estimate of drug-likeness (QED) is 0.711. The Balaban J connectivity index is 2.04. The number of morpholine rings is 1. The second-order valence-corrected chi connectivity index (χ2v) is 8.43. The van der Waals surface area contributed by atoms with Crippen LogP contribution in [0.5, 0.6) is 5.75 Å². The second kappa shape index (κ2) is 8.81. The minimum Gasteiger partial charge on any atom is -0.495 e. The van der Waals surface area contributed by atoms with Gasteiger partial charge < -0.3 is 14.4 Å². The zero-order valence-electron chi connectivity index (χ0n) is 15.4. The molecule has 0 unspecified atom stereocenters. The summed E-state index contributed by atoms with van der Waals surface area (Å²) in [4.78, 5) is 14.5. The molecule has 0 aliphatic carbocycles. The van der Waals surface area contributed by atoms with E-state index in [0.29, 0.717) is 37.1 Å². The number of carbonyl (C=O) groups excluding carboxylic acids is 1. The lowest BCUT2D eigenvalue weighted by Crippen LogP contribution is -2.47. The summed E-state index contributed by atoms with van der Waals surface area (Å²) in [6.07, 6.45) is 0. The first-order valence-corrected chi connectivity index (χ1v) is 10.5. The summed E-state index contributed by atoms with van der Waals surface area (Å²) in [5.41, 5.74) is 0.209. The Morgan fingerprint density at radius 2 is 1.86 bits per heavy atom. The molecule has 1 heterocycles. The molecule has 150 valence electrons. The molecule has 2 aromatic rings. The largest absolute Gasteiger partial charge is 0.495 e. The van der Waals surface area contributed by atoms with E-state index in [-0.39, 0.29) is 23.0 Å². The van der Waals surface area contributed by atoms with Crippen LogP contribution in [0.25, 0.3) is 0 Å². The minimum atomic E-state index is -4.02. The number of benzene rings is 2. The number of nitrogens with zero attached hydrogens (tertiary/aromatic N) is 2. The molecule has 0 spiro atoms. The number of anilines is 1. The maximum absolute atomic E-state index is 13.4. The molecular weight excluding hydrogens is 404 g/mol. The fraction of sp³-hybridized carbons (Fsp3) is 0.316. The van der Waals surface area contributed by atoms with Gasteiger partial charge in [-0.25, -0.2) is 8.42 Å². The van der Waals surface area contributed by atoms with Crippen molar-refractivity contribution in [2.75, 3.05) is 44.3 Å². The molecule has 1 aliphatic rings. The highest BCUT2D eigenvalue weighted by Crippen LogP contribution is 2.34. The third-order valence-electron chi connectivity index (χ3n) is 4.38. The number of rotatable bonds is 6. The molecule has 2 aromatic carbocycles. The second-order valence-electron chi connectivity index (χ2n) is 6.13. The van der Waals surface area contributed by atoms with Crippen LogP contribution >= 0.6 is 11.6 Å². The smallest absolute Gasteiger partial charge is 0.264 e. The zero-order chi connectivity index (χ0) is 20.1. The lowest BCUT2D eigenvalue weighted by Gasteiger charge is -2.31. The number of methoxy groups -OCH3 is 1. The third-order valence-corrected chi connectivity index (χ3v) is 6.39. The molecule has 0 aromatic heterocycles. The van der Waals surface area contributed by atoms with Crippen LogP contribution in [-0.2, 0) is 19.6 Å². The molecule has 1 amide bonds. The van der Waals surface area contributed by atoms with E-state index in [0.717, 1.165) is 4.31 Å². The monoisotopic (exact) mass is 424 g/mol. The standard InChI is InChI=1S/C19H21ClN2O5S/c1-26-18-8-7-15(20)13-17(18)22(14-19(23)21-9-11-27-12-10-21)28(24,25)16-5-3-2-4-6-16/h2-8,13H,9-12,14H2,1H3. The van der Waals surface area contributed by atoms with E-state index in [1.165, 1.54) is 25.3 Å². The highest BCUT2D eigenvalue weighted by molar-refractivity contribution is 7.92. The van der Waals surface area contributed by atoms with Crippen LogP contribution in [0, 0.1) is 0 Å². The van der Waals surface area contributed by atoms with Crippen molar-refractivity contribution in [2.24, 2.45) is 0 Å². The molecule has 0 bridgehead atoms. The number of sulfonamides is 1. The van der Waals surface area contributed by atoms with Crippen molar-refractivity contribution in [3.05, 3.63) is 53.6 Å². The Bertz CT molecular complexity index is 931. The van der Waals surface area contributed by atoms with Crippen LogP contribution in [0.4, 0.5) is 5.69 Å². The Labute approximate surface area is 169 Å². The Morgan fingerprint density at radius 3 is 2.50 bits per heavy atom.